The molecule has 1 saturated heterocycles. The summed E-state index contributed by atoms with van der Waals surface area (Å²) in [5.74, 6) is -0.124. The lowest BCUT2D eigenvalue weighted by Gasteiger charge is -2.16. The van der Waals surface area contributed by atoms with E-state index in [0.717, 1.165) is 11.6 Å². The molecule has 1 fully saturated rings. The third-order valence-electron chi connectivity index (χ3n) is 4.81. The molecule has 0 aliphatic carbocycles. The lowest BCUT2D eigenvalue weighted by molar-refractivity contribution is -0.165. The highest BCUT2D eigenvalue weighted by Gasteiger charge is 2.40. The van der Waals surface area contributed by atoms with Crippen LogP contribution in [0.4, 0.5) is 13.2 Å². The van der Waals surface area contributed by atoms with E-state index in [-0.39, 0.29) is 23.2 Å². The summed E-state index contributed by atoms with van der Waals surface area (Å²) in [5, 5.41) is 5.14. The standard InChI is InChI=1S/C21H18F3N3O3/c1-20(2)12-29-27(19(20)28)11-13-7-9-14(10-8-13)17-25-18(30-26-17)15-5-3-4-6-16(15)21(22,23)24/h3-10H,11-12H2,1-2H3. The first-order valence-corrected chi connectivity index (χ1v) is 9.20. The van der Waals surface area contributed by atoms with Crippen molar-refractivity contribution in [2.24, 2.45) is 5.41 Å². The minimum atomic E-state index is -4.53. The maximum atomic E-state index is 13.2. The summed E-state index contributed by atoms with van der Waals surface area (Å²) in [4.78, 5) is 21.8. The average Bonchev–Trinajstić information content (AvgIpc) is 3.29. The second kappa shape index (κ2) is 7.24. The molecule has 0 saturated carbocycles. The van der Waals surface area contributed by atoms with Crippen molar-refractivity contribution in [3.05, 3.63) is 59.7 Å². The molecule has 0 unspecified atom stereocenters. The Labute approximate surface area is 170 Å². The summed E-state index contributed by atoms with van der Waals surface area (Å²) >= 11 is 0. The summed E-state index contributed by atoms with van der Waals surface area (Å²) in [7, 11) is 0. The van der Waals surface area contributed by atoms with Crippen molar-refractivity contribution in [2.45, 2.75) is 26.6 Å². The minimum Gasteiger partial charge on any atom is -0.334 e. The molecule has 1 aromatic heterocycles. The minimum absolute atomic E-state index is 0.0854. The van der Waals surface area contributed by atoms with Crippen LogP contribution in [0.2, 0.25) is 0 Å². The number of hydrogen-bond acceptors (Lipinski definition) is 5. The molecule has 9 heteroatoms. The van der Waals surface area contributed by atoms with Crippen LogP contribution in [0.15, 0.2) is 53.1 Å². The van der Waals surface area contributed by atoms with Crippen LogP contribution in [0.25, 0.3) is 22.8 Å². The van der Waals surface area contributed by atoms with E-state index in [9.17, 15) is 18.0 Å². The van der Waals surface area contributed by atoms with Crippen LogP contribution < -0.4 is 0 Å². The fraction of sp³-hybridized carbons (Fsp3) is 0.286. The predicted molar refractivity (Wildman–Crippen MR) is 100 cm³/mol. The molecule has 6 nitrogen and oxygen atoms in total. The van der Waals surface area contributed by atoms with Gasteiger partial charge in [-0.1, -0.05) is 41.6 Å². The number of halogens is 3. The van der Waals surface area contributed by atoms with Gasteiger partial charge in [0.05, 0.1) is 29.7 Å². The smallest absolute Gasteiger partial charge is 0.334 e. The van der Waals surface area contributed by atoms with Crippen molar-refractivity contribution in [2.75, 3.05) is 6.61 Å². The molecule has 3 aromatic rings. The van der Waals surface area contributed by atoms with E-state index in [4.69, 9.17) is 9.36 Å². The van der Waals surface area contributed by atoms with Gasteiger partial charge in [-0.25, -0.2) is 5.06 Å². The van der Waals surface area contributed by atoms with Crippen molar-refractivity contribution in [3.63, 3.8) is 0 Å². The highest BCUT2D eigenvalue weighted by atomic mass is 19.4. The molecule has 0 N–H and O–H groups in total. The van der Waals surface area contributed by atoms with Crippen molar-refractivity contribution in [3.8, 4) is 22.8 Å². The Hall–Kier alpha value is -3.20. The van der Waals surface area contributed by atoms with Crippen LogP contribution in [0.3, 0.4) is 0 Å². The van der Waals surface area contributed by atoms with Crippen LogP contribution in [0.1, 0.15) is 25.0 Å². The highest BCUT2D eigenvalue weighted by Crippen LogP contribution is 2.37. The first-order chi connectivity index (χ1) is 14.1. The third kappa shape index (κ3) is 3.80. The molecule has 30 heavy (non-hydrogen) atoms. The second-order valence-corrected chi connectivity index (χ2v) is 7.66. The summed E-state index contributed by atoms with van der Waals surface area (Å²) in [5.41, 5.74) is -0.155. The fourth-order valence-electron chi connectivity index (χ4n) is 3.11. The van der Waals surface area contributed by atoms with Gasteiger partial charge in [0.25, 0.3) is 11.8 Å². The Bertz CT molecular complexity index is 1070. The zero-order valence-corrected chi connectivity index (χ0v) is 16.2. The van der Waals surface area contributed by atoms with E-state index in [1.54, 1.807) is 24.3 Å². The first-order valence-electron chi connectivity index (χ1n) is 9.20. The zero-order valence-electron chi connectivity index (χ0n) is 16.2. The lowest BCUT2D eigenvalue weighted by atomic mass is 9.95. The molecule has 2 heterocycles. The van der Waals surface area contributed by atoms with Gasteiger partial charge in [0.15, 0.2) is 0 Å². The SMILES string of the molecule is CC1(C)CON(Cc2ccc(-c3noc(-c4ccccc4C(F)(F)F)n3)cc2)C1=O. The van der Waals surface area contributed by atoms with Crippen molar-refractivity contribution >= 4 is 5.91 Å². The second-order valence-electron chi connectivity index (χ2n) is 7.66. The van der Waals surface area contributed by atoms with Crippen molar-refractivity contribution in [1.82, 2.24) is 15.2 Å². The van der Waals surface area contributed by atoms with Crippen LogP contribution in [0.5, 0.6) is 0 Å². The van der Waals surface area contributed by atoms with Gasteiger partial charge in [-0.3, -0.25) is 9.63 Å². The topological polar surface area (TPSA) is 68.5 Å². The molecule has 156 valence electrons. The van der Waals surface area contributed by atoms with Gasteiger partial charge < -0.3 is 4.52 Å². The van der Waals surface area contributed by atoms with Gasteiger partial charge in [0.1, 0.15) is 0 Å². The quantitative estimate of drug-likeness (QED) is 0.614. The monoisotopic (exact) mass is 417 g/mol. The predicted octanol–water partition coefficient (Wildman–Crippen LogP) is 4.72. The Morgan fingerprint density at radius 2 is 1.80 bits per heavy atom. The zero-order chi connectivity index (χ0) is 21.5. The molecule has 0 spiro atoms. The van der Waals surface area contributed by atoms with Gasteiger partial charge in [-0.2, -0.15) is 18.2 Å². The summed E-state index contributed by atoms with van der Waals surface area (Å²) < 4.78 is 44.8. The van der Waals surface area contributed by atoms with Crippen molar-refractivity contribution < 1.29 is 27.3 Å². The number of hydrogen-bond donors (Lipinski definition) is 0. The van der Waals surface area contributed by atoms with Crippen LogP contribution in [-0.4, -0.2) is 27.7 Å². The maximum Gasteiger partial charge on any atom is 0.417 e. The number of carbonyl (C=O) groups is 1. The molecule has 1 aliphatic heterocycles. The van der Waals surface area contributed by atoms with Crippen molar-refractivity contribution in [1.29, 1.82) is 0 Å². The van der Waals surface area contributed by atoms with Crippen LogP contribution in [-0.2, 0) is 22.4 Å². The van der Waals surface area contributed by atoms with E-state index in [0.29, 0.717) is 18.7 Å². The number of alkyl halides is 3. The van der Waals surface area contributed by atoms with Crippen LogP contribution in [0, 0.1) is 5.41 Å². The number of amides is 1. The summed E-state index contributed by atoms with van der Waals surface area (Å²) in [6.07, 6.45) is -4.53. The van der Waals surface area contributed by atoms with E-state index < -0.39 is 17.2 Å². The molecule has 1 amide bonds. The Kier molecular flexibility index (Phi) is 4.85. The maximum absolute atomic E-state index is 13.2. The molecule has 0 bridgehead atoms. The molecule has 1 aliphatic rings. The highest BCUT2D eigenvalue weighted by molar-refractivity contribution is 5.82. The number of benzene rings is 2. The number of aromatic nitrogens is 2. The van der Waals surface area contributed by atoms with Gasteiger partial charge in [-0.15, -0.1) is 0 Å². The largest absolute Gasteiger partial charge is 0.417 e. The first kappa shape index (κ1) is 20.1. The van der Waals surface area contributed by atoms with Gasteiger partial charge >= 0.3 is 6.18 Å². The Balaban J connectivity index is 1.53. The molecule has 2 aromatic carbocycles. The van der Waals surface area contributed by atoms with Gasteiger partial charge in [0, 0.05) is 5.56 Å². The molecule has 4 rings (SSSR count). The lowest BCUT2D eigenvalue weighted by Crippen LogP contribution is -2.30. The molecular formula is C21H18F3N3O3. The fourth-order valence-corrected chi connectivity index (χ4v) is 3.11. The molecule has 0 radical (unpaired) electrons. The number of nitrogens with zero attached hydrogens (tertiary/aromatic N) is 3. The van der Waals surface area contributed by atoms with E-state index in [1.807, 2.05) is 13.8 Å². The average molecular weight is 417 g/mol. The molecular weight excluding hydrogens is 399 g/mol. The molecule has 0 atom stereocenters. The van der Waals surface area contributed by atoms with E-state index >= 15 is 0 Å². The normalized spacial score (nSPS) is 16.3. The van der Waals surface area contributed by atoms with E-state index in [2.05, 4.69) is 10.1 Å². The summed E-state index contributed by atoms with van der Waals surface area (Å²) in [6.45, 7) is 4.26. The third-order valence-corrected chi connectivity index (χ3v) is 4.81. The Morgan fingerprint density at radius 3 is 2.43 bits per heavy atom. The number of hydroxylamine groups is 2. The summed E-state index contributed by atoms with van der Waals surface area (Å²) in [6, 6.07) is 12.0. The number of rotatable bonds is 4. The van der Waals surface area contributed by atoms with E-state index in [1.165, 1.54) is 23.3 Å². The number of carbonyl (C=O) groups excluding carboxylic acids is 1. The van der Waals surface area contributed by atoms with Crippen LogP contribution >= 0.6 is 0 Å². The Morgan fingerprint density at radius 1 is 1.10 bits per heavy atom. The van der Waals surface area contributed by atoms with Gasteiger partial charge in [-0.05, 0) is 31.5 Å². The van der Waals surface area contributed by atoms with Gasteiger partial charge in [0.2, 0.25) is 5.82 Å².